The summed E-state index contributed by atoms with van der Waals surface area (Å²) >= 11 is 0. The van der Waals surface area contributed by atoms with E-state index >= 15 is 0 Å². The van der Waals surface area contributed by atoms with Crippen LogP contribution in [-0.4, -0.2) is 52.8 Å². The van der Waals surface area contributed by atoms with Gasteiger partial charge in [-0.2, -0.15) is 5.10 Å². The molecule has 0 unspecified atom stereocenters. The van der Waals surface area contributed by atoms with Crippen LogP contribution in [0.15, 0.2) is 36.5 Å². The van der Waals surface area contributed by atoms with Gasteiger partial charge >= 0.3 is 0 Å². The van der Waals surface area contributed by atoms with E-state index in [4.69, 9.17) is 19.4 Å². The van der Waals surface area contributed by atoms with Gasteiger partial charge in [-0.25, -0.2) is 14.6 Å². The van der Waals surface area contributed by atoms with E-state index in [0.29, 0.717) is 25.7 Å². The van der Waals surface area contributed by atoms with Crippen LogP contribution in [0, 0.1) is 0 Å². The molecule has 0 amide bonds. The van der Waals surface area contributed by atoms with Gasteiger partial charge in [-0.05, 0) is 25.0 Å². The molecule has 152 valence electrons. The Kier molecular flexibility index (Phi) is 5.16. The first-order chi connectivity index (χ1) is 14.3. The first kappa shape index (κ1) is 18.5. The first-order valence-electron chi connectivity index (χ1n) is 10.5. The Labute approximate surface area is 170 Å². The molecule has 29 heavy (non-hydrogen) atoms. The Morgan fingerprint density at radius 1 is 1.03 bits per heavy atom. The summed E-state index contributed by atoms with van der Waals surface area (Å²) in [5, 5.41) is 5.60. The molecule has 0 N–H and O–H groups in total. The summed E-state index contributed by atoms with van der Waals surface area (Å²) in [6.45, 7) is 1.93. The van der Waals surface area contributed by atoms with Crippen LogP contribution in [0.5, 0.6) is 0 Å². The first-order valence-corrected chi connectivity index (χ1v) is 10.5. The Hall–Kier alpha value is -2.51. The maximum Gasteiger partial charge on any atom is 0.175 e. The van der Waals surface area contributed by atoms with Crippen molar-refractivity contribution in [3.05, 3.63) is 42.4 Å². The molecule has 2 aromatic heterocycles. The van der Waals surface area contributed by atoms with E-state index in [-0.39, 0.29) is 6.29 Å². The molecule has 2 aliphatic rings. The molecule has 0 bridgehead atoms. The monoisotopic (exact) mass is 393 g/mol. The average molecular weight is 393 g/mol. The largest absolute Gasteiger partial charge is 0.354 e. The van der Waals surface area contributed by atoms with E-state index in [1.165, 1.54) is 19.3 Å². The summed E-state index contributed by atoms with van der Waals surface area (Å²) in [7, 11) is 2.04. The van der Waals surface area contributed by atoms with Crippen LogP contribution in [0.2, 0.25) is 0 Å². The van der Waals surface area contributed by atoms with Crippen LogP contribution in [-0.2, 0) is 9.47 Å². The predicted molar refractivity (Wildman–Crippen MR) is 111 cm³/mol. The zero-order valence-corrected chi connectivity index (χ0v) is 16.8. The molecule has 1 aromatic carbocycles. The van der Waals surface area contributed by atoms with Gasteiger partial charge in [0.25, 0.3) is 0 Å². The molecule has 7 heteroatoms. The van der Waals surface area contributed by atoms with Crippen molar-refractivity contribution in [2.45, 2.75) is 44.3 Å². The maximum absolute atomic E-state index is 5.65. The maximum atomic E-state index is 5.65. The third kappa shape index (κ3) is 3.72. The number of rotatable bonds is 5. The minimum absolute atomic E-state index is 0.215. The second-order valence-electron chi connectivity index (χ2n) is 7.92. The third-order valence-electron chi connectivity index (χ3n) is 5.87. The Balaban J connectivity index is 1.59. The molecular formula is C22H27N5O2. The van der Waals surface area contributed by atoms with Crippen molar-refractivity contribution >= 4 is 16.9 Å². The zero-order valence-electron chi connectivity index (χ0n) is 16.8. The molecule has 5 rings (SSSR count). The van der Waals surface area contributed by atoms with E-state index in [1.807, 2.05) is 36.1 Å². The zero-order chi connectivity index (χ0) is 19.6. The number of para-hydroxylation sites is 1. The quantitative estimate of drug-likeness (QED) is 0.659. The lowest BCUT2D eigenvalue weighted by atomic mass is 9.88. The lowest BCUT2D eigenvalue weighted by molar-refractivity contribution is -0.0336. The highest BCUT2D eigenvalue weighted by atomic mass is 16.7. The third-order valence-corrected chi connectivity index (χ3v) is 5.87. The summed E-state index contributed by atoms with van der Waals surface area (Å²) in [5.41, 5.74) is 1.87. The molecule has 1 saturated carbocycles. The highest BCUT2D eigenvalue weighted by Crippen LogP contribution is 2.34. The van der Waals surface area contributed by atoms with Gasteiger partial charge in [0.15, 0.2) is 11.9 Å². The van der Waals surface area contributed by atoms with E-state index in [1.54, 1.807) is 0 Å². The second kappa shape index (κ2) is 8.08. The molecule has 2 fully saturated rings. The van der Waals surface area contributed by atoms with Crippen LogP contribution in [0.4, 0.5) is 5.82 Å². The Morgan fingerprint density at radius 3 is 2.55 bits per heavy atom. The van der Waals surface area contributed by atoms with Gasteiger partial charge in [0.2, 0.25) is 0 Å². The Morgan fingerprint density at radius 2 is 1.79 bits per heavy atom. The number of hydrogen-bond donors (Lipinski definition) is 0. The van der Waals surface area contributed by atoms with Crippen LogP contribution < -0.4 is 4.90 Å². The number of nitrogens with zero attached hydrogens (tertiary/aromatic N) is 5. The number of fused-ring (bicyclic) bond motifs is 1. The number of aromatic nitrogens is 4. The lowest BCUT2D eigenvalue weighted by Gasteiger charge is -2.25. The molecule has 0 atom stereocenters. The van der Waals surface area contributed by atoms with Crippen molar-refractivity contribution in [2.75, 3.05) is 31.7 Å². The highest BCUT2D eigenvalue weighted by molar-refractivity contribution is 5.88. The predicted octanol–water partition coefficient (Wildman–Crippen LogP) is 3.67. The van der Waals surface area contributed by atoms with Gasteiger partial charge in [-0.15, -0.1) is 0 Å². The SMILES string of the molecule is CN(CC1OCCO1)c1nc(C2CCCCC2)nc2c1cnn2-c1ccccc1. The van der Waals surface area contributed by atoms with E-state index in [2.05, 4.69) is 22.1 Å². The van der Waals surface area contributed by atoms with Crippen molar-refractivity contribution < 1.29 is 9.47 Å². The summed E-state index contributed by atoms with van der Waals surface area (Å²) < 4.78 is 13.2. The van der Waals surface area contributed by atoms with E-state index in [0.717, 1.165) is 41.2 Å². The summed E-state index contributed by atoms with van der Waals surface area (Å²) in [4.78, 5) is 12.1. The number of likely N-dealkylation sites (N-methyl/N-ethyl adjacent to an activating group) is 1. The van der Waals surface area contributed by atoms with Gasteiger partial charge in [0.1, 0.15) is 11.6 Å². The minimum atomic E-state index is -0.215. The number of ether oxygens (including phenoxy) is 2. The van der Waals surface area contributed by atoms with Crippen molar-refractivity contribution in [3.8, 4) is 5.69 Å². The normalized spacial score (nSPS) is 18.5. The lowest BCUT2D eigenvalue weighted by Crippen LogP contribution is -2.30. The molecule has 1 saturated heterocycles. The fourth-order valence-corrected chi connectivity index (χ4v) is 4.32. The van der Waals surface area contributed by atoms with Crippen molar-refractivity contribution in [2.24, 2.45) is 0 Å². The molecule has 3 heterocycles. The number of hydrogen-bond acceptors (Lipinski definition) is 6. The van der Waals surface area contributed by atoms with Crippen molar-refractivity contribution in [1.82, 2.24) is 19.7 Å². The molecule has 0 spiro atoms. The van der Waals surface area contributed by atoms with Crippen LogP contribution >= 0.6 is 0 Å². The van der Waals surface area contributed by atoms with Gasteiger partial charge < -0.3 is 14.4 Å². The van der Waals surface area contributed by atoms with Crippen molar-refractivity contribution in [3.63, 3.8) is 0 Å². The molecule has 7 nitrogen and oxygen atoms in total. The second-order valence-corrected chi connectivity index (χ2v) is 7.92. The van der Waals surface area contributed by atoms with Crippen LogP contribution in [0.3, 0.4) is 0 Å². The van der Waals surface area contributed by atoms with E-state index < -0.39 is 0 Å². The standard InChI is InChI=1S/C22H27N5O2/c1-26(15-19-28-12-13-29-19)21-18-14-23-27(17-10-6-3-7-11-17)22(18)25-20(24-21)16-8-4-2-5-9-16/h3,6-7,10-11,14,16,19H,2,4-5,8-9,12-13,15H2,1H3. The average Bonchev–Trinajstić information content (AvgIpc) is 3.44. The smallest absolute Gasteiger partial charge is 0.175 e. The number of benzene rings is 1. The summed E-state index contributed by atoms with van der Waals surface area (Å²) in [6, 6.07) is 10.2. The molecule has 3 aromatic rings. The Bertz CT molecular complexity index is 962. The van der Waals surface area contributed by atoms with Gasteiger partial charge in [0.05, 0.1) is 37.0 Å². The highest BCUT2D eigenvalue weighted by Gasteiger charge is 2.25. The van der Waals surface area contributed by atoms with Crippen molar-refractivity contribution in [1.29, 1.82) is 0 Å². The fourth-order valence-electron chi connectivity index (χ4n) is 4.32. The van der Waals surface area contributed by atoms with Gasteiger partial charge in [-0.3, -0.25) is 0 Å². The van der Waals surface area contributed by atoms with E-state index in [9.17, 15) is 0 Å². The molecular weight excluding hydrogens is 366 g/mol. The molecule has 0 radical (unpaired) electrons. The van der Waals surface area contributed by atoms with Crippen LogP contribution in [0.25, 0.3) is 16.7 Å². The van der Waals surface area contributed by atoms with Gasteiger partial charge in [0, 0.05) is 13.0 Å². The summed E-state index contributed by atoms with van der Waals surface area (Å²) in [5.74, 6) is 2.25. The topological polar surface area (TPSA) is 65.3 Å². The molecule has 1 aliphatic heterocycles. The molecule has 1 aliphatic carbocycles. The minimum Gasteiger partial charge on any atom is -0.354 e. The fraction of sp³-hybridized carbons (Fsp3) is 0.500. The van der Waals surface area contributed by atoms with Gasteiger partial charge in [-0.1, -0.05) is 37.5 Å². The van der Waals surface area contributed by atoms with Crippen LogP contribution in [0.1, 0.15) is 43.8 Å². The number of anilines is 1. The summed E-state index contributed by atoms with van der Waals surface area (Å²) in [6.07, 6.45) is 7.77.